The van der Waals surface area contributed by atoms with Gasteiger partial charge in [-0.25, -0.2) is 4.79 Å². The highest BCUT2D eigenvalue weighted by Gasteiger charge is 2.20. The van der Waals surface area contributed by atoms with Crippen LogP contribution in [0, 0.1) is 0 Å². The molecule has 0 radical (unpaired) electrons. The summed E-state index contributed by atoms with van der Waals surface area (Å²) in [6.45, 7) is 2.04. The second-order valence-corrected chi connectivity index (χ2v) is 4.62. The largest absolute Gasteiger partial charge is 0.467 e. The monoisotopic (exact) mass is 249 g/mol. The van der Waals surface area contributed by atoms with Gasteiger partial charge in [-0.1, -0.05) is 24.3 Å². The van der Waals surface area contributed by atoms with Gasteiger partial charge < -0.3 is 15.2 Å². The number of carbonyl (C=O) groups is 1. The highest BCUT2D eigenvalue weighted by Crippen LogP contribution is 2.27. The number of hydrogen-bond acceptors (Lipinski definition) is 4. The van der Waals surface area contributed by atoms with Crippen LogP contribution in [0.1, 0.15) is 36.0 Å². The molecule has 0 spiro atoms. The molecule has 98 valence electrons. The molecule has 0 aromatic heterocycles. The van der Waals surface area contributed by atoms with Gasteiger partial charge in [-0.15, -0.1) is 0 Å². The predicted molar refractivity (Wildman–Crippen MR) is 68.3 cm³/mol. The lowest BCUT2D eigenvalue weighted by Gasteiger charge is -2.23. The van der Waals surface area contributed by atoms with Crippen LogP contribution in [0.5, 0.6) is 0 Å². The molecule has 0 amide bonds. The smallest absolute Gasteiger partial charge is 0.339 e. The molecule has 0 aliphatic carbocycles. The fraction of sp³-hybridized carbons (Fsp3) is 0.500. The fourth-order valence-corrected chi connectivity index (χ4v) is 2.39. The SMILES string of the molecule is COC(=O)C(O)c1cccc(C2CCNCC2)c1. The summed E-state index contributed by atoms with van der Waals surface area (Å²) >= 11 is 0. The molecule has 1 saturated heterocycles. The Bertz CT molecular complexity index is 413. The van der Waals surface area contributed by atoms with Crippen molar-refractivity contribution in [3.8, 4) is 0 Å². The number of nitrogens with one attached hydrogen (secondary N) is 1. The minimum absolute atomic E-state index is 0.510. The number of methoxy groups -OCH3 is 1. The molecule has 4 heteroatoms. The molecular weight excluding hydrogens is 230 g/mol. The van der Waals surface area contributed by atoms with Crippen LogP contribution in [0.15, 0.2) is 24.3 Å². The third kappa shape index (κ3) is 2.89. The zero-order chi connectivity index (χ0) is 13.0. The third-order valence-electron chi connectivity index (χ3n) is 3.46. The van der Waals surface area contributed by atoms with E-state index in [1.165, 1.54) is 12.7 Å². The first-order valence-corrected chi connectivity index (χ1v) is 6.29. The Kier molecular flexibility index (Phi) is 4.33. The summed E-state index contributed by atoms with van der Waals surface area (Å²) in [4.78, 5) is 11.3. The quantitative estimate of drug-likeness (QED) is 0.794. The third-order valence-corrected chi connectivity index (χ3v) is 3.46. The van der Waals surface area contributed by atoms with Crippen LogP contribution >= 0.6 is 0 Å². The van der Waals surface area contributed by atoms with Crippen molar-refractivity contribution in [1.29, 1.82) is 0 Å². The lowest BCUT2D eigenvalue weighted by Crippen LogP contribution is -2.26. The molecule has 4 nitrogen and oxygen atoms in total. The van der Waals surface area contributed by atoms with Gasteiger partial charge in [0.15, 0.2) is 6.10 Å². The van der Waals surface area contributed by atoms with Crippen LogP contribution in [0.3, 0.4) is 0 Å². The van der Waals surface area contributed by atoms with Gasteiger partial charge in [0.05, 0.1) is 7.11 Å². The van der Waals surface area contributed by atoms with E-state index in [9.17, 15) is 9.90 Å². The number of hydrogen-bond donors (Lipinski definition) is 2. The van der Waals surface area contributed by atoms with Gasteiger partial charge in [-0.3, -0.25) is 0 Å². The van der Waals surface area contributed by atoms with Crippen LogP contribution in [-0.2, 0) is 9.53 Å². The van der Waals surface area contributed by atoms with Crippen molar-refractivity contribution in [3.63, 3.8) is 0 Å². The second-order valence-electron chi connectivity index (χ2n) is 4.62. The summed E-state index contributed by atoms with van der Waals surface area (Å²) in [5.74, 6) is -0.103. The first-order chi connectivity index (χ1) is 8.72. The number of carbonyl (C=O) groups excluding carboxylic acids is 1. The van der Waals surface area contributed by atoms with Crippen LogP contribution in [0.25, 0.3) is 0 Å². The summed E-state index contributed by atoms with van der Waals surface area (Å²) in [5.41, 5.74) is 1.80. The van der Waals surface area contributed by atoms with Crippen LogP contribution in [0.4, 0.5) is 0 Å². The Morgan fingerprint density at radius 2 is 2.17 bits per heavy atom. The minimum atomic E-state index is -1.18. The number of ether oxygens (including phenoxy) is 1. The highest BCUT2D eigenvalue weighted by atomic mass is 16.5. The number of piperidine rings is 1. The van der Waals surface area contributed by atoms with E-state index in [1.54, 1.807) is 6.07 Å². The molecule has 2 rings (SSSR count). The van der Waals surface area contributed by atoms with Crippen LogP contribution < -0.4 is 5.32 Å². The molecule has 0 saturated carbocycles. The molecule has 1 unspecified atom stereocenters. The summed E-state index contributed by atoms with van der Waals surface area (Å²) in [6, 6.07) is 7.62. The number of aliphatic hydroxyl groups excluding tert-OH is 1. The standard InChI is InChI=1S/C14H19NO3/c1-18-14(17)13(16)12-4-2-3-11(9-12)10-5-7-15-8-6-10/h2-4,9-10,13,15-16H,5-8H2,1H3. The second kappa shape index (κ2) is 5.98. The van der Waals surface area contributed by atoms with Gasteiger partial charge in [0.2, 0.25) is 0 Å². The Hall–Kier alpha value is -1.39. The highest BCUT2D eigenvalue weighted by molar-refractivity contribution is 5.76. The maximum absolute atomic E-state index is 11.3. The van der Waals surface area contributed by atoms with Crippen molar-refractivity contribution < 1.29 is 14.6 Å². The fourth-order valence-electron chi connectivity index (χ4n) is 2.39. The van der Waals surface area contributed by atoms with Crippen molar-refractivity contribution in [3.05, 3.63) is 35.4 Å². The van der Waals surface area contributed by atoms with Gasteiger partial charge >= 0.3 is 5.97 Å². The molecule has 2 N–H and O–H groups in total. The van der Waals surface area contributed by atoms with Crippen molar-refractivity contribution in [2.24, 2.45) is 0 Å². The van der Waals surface area contributed by atoms with E-state index in [0.29, 0.717) is 11.5 Å². The normalized spacial score (nSPS) is 18.3. The van der Waals surface area contributed by atoms with Gasteiger partial charge in [0.25, 0.3) is 0 Å². The molecule has 1 aliphatic heterocycles. The van der Waals surface area contributed by atoms with Gasteiger partial charge in [-0.05, 0) is 43.0 Å². The van der Waals surface area contributed by atoms with E-state index in [-0.39, 0.29) is 0 Å². The Balaban J connectivity index is 2.16. The summed E-state index contributed by atoms with van der Waals surface area (Å²) in [6.07, 6.45) is 1.01. The van der Waals surface area contributed by atoms with Gasteiger partial charge in [0.1, 0.15) is 0 Å². The molecule has 1 aliphatic rings. The van der Waals surface area contributed by atoms with Gasteiger partial charge in [0, 0.05) is 0 Å². The lowest BCUT2D eigenvalue weighted by atomic mass is 9.89. The molecule has 1 fully saturated rings. The van der Waals surface area contributed by atoms with Gasteiger partial charge in [-0.2, -0.15) is 0 Å². The zero-order valence-electron chi connectivity index (χ0n) is 10.6. The first-order valence-electron chi connectivity index (χ1n) is 6.29. The van der Waals surface area contributed by atoms with E-state index in [1.807, 2.05) is 12.1 Å². The maximum atomic E-state index is 11.3. The first kappa shape index (κ1) is 13.1. The Morgan fingerprint density at radius 3 is 2.83 bits per heavy atom. The Morgan fingerprint density at radius 1 is 1.44 bits per heavy atom. The van der Waals surface area contributed by atoms with E-state index in [4.69, 9.17) is 0 Å². The van der Waals surface area contributed by atoms with Crippen molar-refractivity contribution in [1.82, 2.24) is 5.32 Å². The number of benzene rings is 1. The van der Waals surface area contributed by atoms with E-state index in [2.05, 4.69) is 16.1 Å². The predicted octanol–water partition coefficient (Wildman–Crippen LogP) is 1.36. The van der Waals surface area contributed by atoms with Crippen molar-refractivity contribution in [2.45, 2.75) is 24.9 Å². The average Bonchev–Trinajstić information content (AvgIpc) is 2.46. The maximum Gasteiger partial charge on any atom is 0.339 e. The molecule has 0 bridgehead atoms. The van der Waals surface area contributed by atoms with Crippen LogP contribution in [-0.4, -0.2) is 31.3 Å². The molecular formula is C14H19NO3. The van der Waals surface area contributed by atoms with Crippen LogP contribution in [0.2, 0.25) is 0 Å². The molecule has 1 aromatic rings. The lowest BCUT2D eigenvalue weighted by molar-refractivity contribution is -0.150. The summed E-state index contributed by atoms with van der Waals surface area (Å²) < 4.78 is 4.55. The van der Waals surface area contributed by atoms with E-state index >= 15 is 0 Å². The summed E-state index contributed by atoms with van der Waals surface area (Å²) in [7, 11) is 1.28. The molecule has 1 atom stereocenters. The van der Waals surface area contributed by atoms with Crippen molar-refractivity contribution >= 4 is 5.97 Å². The number of rotatable bonds is 3. The van der Waals surface area contributed by atoms with Crippen molar-refractivity contribution in [2.75, 3.05) is 20.2 Å². The number of aliphatic hydroxyl groups is 1. The minimum Gasteiger partial charge on any atom is -0.467 e. The summed E-state index contributed by atoms with van der Waals surface area (Å²) in [5, 5.41) is 13.2. The Labute approximate surface area is 107 Å². The molecule has 1 heterocycles. The van der Waals surface area contributed by atoms with E-state index in [0.717, 1.165) is 25.9 Å². The zero-order valence-corrected chi connectivity index (χ0v) is 10.6. The van der Waals surface area contributed by atoms with E-state index < -0.39 is 12.1 Å². The molecule has 1 aromatic carbocycles. The number of esters is 1. The topological polar surface area (TPSA) is 58.6 Å². The molecule has 18 heavy (non-hydrogen) atoms. The average molecular weight is 249 g/mol.